The van der Waals surface area contributed by atoms with E-state index in [2.05, 4.69) is 17.4 Å². The largest absolute Gasteiger partial charge is 0.497 e. The van der Waals surface area contributed by atoms with Crippen molar-refractivity contribution in [3.63, 3.8) is 0 Å². The van der Waals surface area contributed by atoms with E-state index in [1.165, 1.54) is 11.1 Å². The van der Waals surface area contributed by atoms with E-state index in [0.29, 0.717) is 31.1 Å². The molecule has 0 bridgehead atoms. The Morgan fingerprint density at radius 3 is 2.57 bits per heavy atom. The van der Waals surface area contributed by atoms with Crippen LogP contribution in [0.2, 0.25) is 0 Å². The highest BCUT2D eigenvalue weighted by Gasteiger charge is 2.20. The lowest BCUT2D eigenvalue weighted by Crippen LogP contribution is -2.36. The molecule has 0 radical (unpaired) electrons. The van der Waals surface area contributed by atoms with Crippen molar-refractivity contribution in [2.24, 2.45) is 0 Å². The summed E-state index contributed by atoms with van der Waals surface area (Å²) in [6, 6.07) is 13.6. The third-order valence-corrected chi connectivity index (χ3v) is 5.02. The van der Waals surface area contributed by atoms with Crippen molar-refractivity contribution >= 4 is 11.8 Å². The van der Waals surface area contributed by atoms with Gasteiger partial charge in [-0.05, 0) is 29.7 Å². The Bertz CT molecular complexity index is 850. The average Bonchev–Trinajstić information content (AvgIpc) is 2.75. The Hall–Kier alpha value is -3.02. The number of methoxy groups -OCH3 is 2. The number of amides is 2. The first-order valence-electron chi connectivity index (χ1n) is 9.43. The molecule has 1 N–H and O–H groups in total. The van der Waals surface area contributed by atoms with Crippen LogP contribution < -0.4 is 14.8 Å². The summed E-state index contributed by atoms with van der Waals surface area (Å²) >= 11 is 0. The van der Waals surface area contributed by atoms with E-state index < -0.39 is 0 Å². The molecule has 0 saturated carbocycles. The van der Waals surface area contributed by atoms with Gasteiger partial charge in [-0.3, -0.25) is 9.59 Å². The van der Waals surface area contributed by atoms with Crippen molar-refractivity contribution in [2.75, 3.05) is 20.8 Å². The molecule has 6 heteroatoms. The quantitative estimate of drug-likeness (QED) is 0.800. The van der Waals surface area contributed by atoms with Crippen molar-refractivity contribution < 1.29 is 19.1 Å². The van der Waals surface area contributed by atoms with Crippen LogP contribution in [0.5, 0.6) is 11.5 Å². The topological polar surface area (TPSA) is 67.9 Å². The number of hydrogen-bond acceptors (Lipinski definition) is 4. The van der Waals surface area contributed by atoms with E-state index in [4.69, 9.17) is 9.47 Å². The van der Waals surface area contributed by atoms with Crippen molar-refractivity contribution in [3.05, 3.63) is 59.2 Å². The maximum absolute atomic E-state index is 12.5. The SMILES string of the molecule is COc1ccc(CNC(=O)CCC(=O)N2CCc3ccccc3C2)c(OC)c1. The molecule has 3 rings (SSSR count). The first-order valence-corrected chi connectivity index (χ1v) is 9.43. The van der Waals surface area contributed by atoms with Gasteiger partial charge in [0.15, 0.2) is 0 Å². The van der Waals surface area contributed by atoms with Crippen LogP contribution in [0.15, 0.2) is 42.5 Å². The second-order valence-electron chi connectivity index (χ2n) is 6.79. The minimum atomic E-state index is -0.149. The summed E-state index contributed by atoms with van der Waals surface area (Å²) in [5, 5.41) is 2.85. The molecule has 148 valence electrons. The number of fused-ring (bicyclic) bond motifs is 1. The zero-order valence-corrected chi connectivity index (χ0v) is 16.4. The summed E-state index contributed by atoms with van der Waals surface area (Å²) < 4.78 is 10.5. The van der Waals surface area contributed by atoms with E-state index in [9.17, 15) is 9.59 Å². The van der Waals surface area contributed by atoms with Crippen LogP contribution in [0.4, 0.5) is 0 Å². The summed E-state index contributed by atoms with van der Waals surface area (Å²) in [6.45, 7) is 1.68. The standard InChI is InChI=1S/C22H26N2O4/c1-27-19-8-7-17(20(13-19)28-2)14-23-21(25)9-10-22(26)24-12-11-16-5-3-4-6-18(16)15-24/h3-8,13H,9-12,14-15H2,1-2H3,(H,23,25). The van der Waals surface area contributed by atoms with Crippen LogP contribution in [0, 0.1) is 0 Å². The number of carbonyl (C=O) groups excluding carboxylic acids is 2. The second-order valence-corrected chi connectivity index (χ2v) is 6.79. The van der Waals surface area contributed by atoms with Gasteiger partial charge in [-0.1, -0.05) is 24.3 Å². The fraction of sp³-hybridized carbons (Fsp3) is 0.364. The molecule has 6 nitrogen and oxygen atoms in total. The molecule has 0 fully saturated rings. The van der Waals surface area contributed by atoms with Gasteiger partial charge < -0.3 is 19.7 Å². The molecule has 1 aliphatic heterocycles. The Morgan fingerprint density at radius 1 is 1.04 bits per heavy atom. The number of benzene rings is 2. The number of carbonyl (C=O) groups is 2. The molecule has 0 atom stereocenters. The lowest BCUT2D eigenvalue weighted by Gasteiger charge is -2.28. The molecule has 1 aliphatic rings. The van der Waals surface area contributed by atoms with Gasteiger partial charge in [-0.25, -0.2) is 0 Å². The van der Waals surface area contributed by atoms with Crippen LogP contribution in [0.25, 0.3) is 0 Å². The minimum absolute atomic E-state index is 0.0201. The summed E-state index contributed by atoms with van der Waals surface area (Å²) in [5.41, 5.74) is 3.35. The molecule has 0 aromatic heterocycles. The Morgan fingerprint density at radius 2 is 1.82 bits per heavy atom. The van der Waals surface area contributed by atoms with E-state index in [1.54, 1.807) is 20.3 Å². The maximum atomic E-state index is 12.5. The van der Waals surface area contributed by atoms with E-state index in [0.717, 1.165) is 12.0 Å². The summed E-state index contributed by atoms with van der Waals surface area (Å²) in [5.74, 6) is 1.22. The number of ether oxygens (including phenoxy) is 2. The maximum Gasteiger partial charge on any atom is 0.223 e. The first kappa shape index (κ1) is 19.7. The first-order chi connectivity index (χ1) is 13.6. The highest BCUT2D eigenvalue weighted by molar-refractivity contribution is 5.84. The van der Waals surface area contributed by atoms with Gasteiger partial charge in [0.25, 0.3) is 0 Å². The zero-order chi connectivity index (χ0) is 19.9. The van der Waals surface area contributed by atoms with E-state index >= 15 is 0 Å². The van der Waals surface area contributed by atoms with Gasteiger partial charge >= 0.3 is 0 Å². The number of hydrogen-bond donors (Lipinski definition) is 1. The number of rotatable bonds is 7. The lowest BCUT2D eigenvalue weighted by molar-refractivity contribution is -0.134. The molecular weight excluding hydrogens is 356 g/mol. The number of nitrogens with one attached hydrogen (secondary N) is 1. The molecule has 28 heavy (non-hydrogen) atoms. The van der Waals surface area contributed by atoms with Crippen molar-refractivity contribution in [2.45, 2.75) is 32.4 Å². The minimum Gasteiger partial charge on any atom is -0.497 e. The highest BCUT2D eigenvalue weighted by Crippen LogP contribution is 2.24. The lowest BCUT2D eigenvalue weighted by atomic mass is 9.99. The molecule has 0 spiro atoms. The number of nitrogens with zero attached hydrogens (tertiary/aromatic N) is 1. The van der Waals surface area contributed by atoms with Gasteiger partial charge in [0, 0.05) is 44.1 Å². The van der Waals surface area contributed by atoms with Crippen LogP contribution in [0.3, 0.4) is 0 Å². The molecule has 2 aromatic carbocycles. The third kappa shape index (κ3) is 4.82. The highest BCUT2D eigenvalue weighted by atomic mass is 16.5. The molecule has 0 aliphatic carbocycles. The normalized spacial score (nSPS) is 12.9. The smallest absolute Gasteiger partial charge is 0.223 e. The van der Waals surface area contributed by atoms with Crippen LogP contribution in [-0.2, 0) is 29.1 Å². The van der Waals surface area contributed by atoms with Gasteiger partial charge in [0.1, 0.15) is 11.5 Å². The van der Waals surface area contributed by atoms with E-state index in [1.807, 2.05) is 29.2 Å². The predicted octanol–water partition coefficient (Wildman–Crippen LogP) is 2.69. The monoisotopic (exact) mass is 382 g/mol. The van der Waals surface area contributed by atoms with Crippen molar-refractivity contribution in [3.8, 4) is 11.5 Å². The molecule has 0 saturated heterocycles. The van der Waals surface area contributed by atoms with Crippen LogP contribution >= 0.6 is 0 Å². The Balaban J connectivity index is 1.46. The average molecular weight is 382 g/mol. The molecular formula is C22H26N2O4. The predicted molar refractivity (Wildman–Crippen MR) is 106 cm³/mol. The van der Waals surface area contributed by atoms with Crippen molar-refractivity contribution in [1.82, 2.24) is 10.2 Å². The van der Waals surface area contributed by atoms with Crippen molar-refractivity contribution in [1.29, 1.82) is 0 Å². The second kappa shape index (κ2) is 9.26. The van der Waals surface area contributed by atoms with E-state index in [-0.39, 0.29) is 24.7 Å². The Kier molecular flexibility index (Phi) is 6.53. The molecule has 2 amide bonds. The van der Waals surface area contributed by atoms with Gasteiger partial charge in [-0.15, -0.1) is 0 Å². The molecule has 2 aromatic rings. The fourth-order valence-corrected chi connectivity index (χ4v) is 3.37. The summed E-state index contributed by atoms with van der Waals surface area (Å²) in [7, 11) is 3.17. The molecule has 1 heterocycles. The van der Waals surface area contributed by atoms with Gasteiger partial charge in [0.2, 0.25) is 11.8 Å². The summed E-state index contributed by atoms with van der Waals surface area (Å²) in [4.78, 5) is 26.5. The third-order valence-electron chi connectivity index (χ3n) is 5.02. The van der Waals surface area contributed by atoms with Crippen LogP contribution in [-0.4, -0.2) is 37.5 Å². The van der Waals surface area contributed by atoms with Gasteiger partial charge in [-0.2, -0.15) is 0 Å². The molecule has 0 unspecified atom stereocenters. The van der Waals surface area contributed by atoms with Gasteiger partial charge in [0.05, 0.1) is 14.2 Å². The fourth-order valence-electron chi connectivity index (χ4n) is 3.37. The Labute approximate surface area is 165 Å². The van der Waals surface area contributed by atoms with Crippen LogP contribution in [0.1, 0.15) is 29.5 Å². The summed E-state index contributed by atoms with van der Waals surface area (Å²) in [6.07, 6.45) is 1.26. The zero-order valence-electron chi connectivity index (χ0n) is 16.4.